The number of hydrogen-bond donors (Lipinski definition) is 0. The van der Waals surface area contributed by atoms with E-state index in [0.29, 0.717) is 0 Å². The summed E-state index contributed by atoms with van der Waals surface area (Å²) >= 11 is 7.20. The molecule has 0 aliphatic heterocycles. The van der Waals surface area contributed by atoms with Gasteiger partial charge < -0.3 is 0 Å². The van der Waals surface area contributed by atoms with Gasteiger partial charge in [0.1, 0.15) is 0 Å². The van der Waals surface area contributed by atoms with E-state index in [1.165, 1.54) is 5.30 Å². The molecule has 0 nitrogen and oxygen atoms in total. The molecule has 0 aliphatic rings. The van der Waals surface area contributed by atoms with Gasteiger partial charge in [0.25, 0.3) is 0 Å². The molecule has 0 aliphatic carbocycles. The van der Waals surface area contributed by atoms with Crippen molar-refractivity contribution in [1.29, 1.82) is 0 Å². The zero-order valence-electron chi connectivity index (χ0n) is 8.12. The molecule has 0 amide bonds. The fraction of sp³-hybridized carbons (Fsp3) is 0.400. The molecule has 0 saturated heterocycles. The van der Waals surface area contributed by atoms with Crippen molar-refractivity contribution in [3.63, 3.8) is 0 Å². The van der Waals surface area contributed by atoms with E-state index in [9.17, 15) is 0 Å². The molecule has 1 unspecified atom stereocenters. The van der Waals surface area contributed by atoms with E-state index in [4.69, 9.17) is 0 Å². The first-order valence-electron chi connectivity index (χ1n) is 4.21. The third-order valence-electron chi connectivity index (χ3n) is 1.95. The Morgan fingerprint density at radius 2 is 1.62 bits per heavy atom. The van der Waals surface area contributed by atoms with Gasteiger partial charge in [-0.2, -0.15) is 0 Å². The number of hydrogen-bond acceptors (Lipinski definition) is 0. The zero-order valence-corrected chi connectivity index (χ0v) is 12.3. The Kier molecular flexibility index (Phi) is 3.63. The molecule has 3 heteroatoms. The second kappa shape index (κ2) is 4.03. The molecular weight excluding hydrogens is 310 g/mol. The van der Waals surface area contributed by atoms with Crippen LogP contribution in [0, 0.1) is 0 Å². The molecule has 0 heterocycles. The van der Waals surface area contributed by atoms with Crippen LogP contribution >= 0.6 is 19.7 Å². The van der Waals surface area contributed by atoms with E-state index in [1.54, 1.807) is 0 Å². The number of rotatable bonds is 1. The quantitative estimate of drug-likeness (QED) is 0.548. The van der Waals surface area contributed by atoms with Gasteiger partial charge in [-0.05, 0) is 0 Å². The number of halogens is 1. The van der Waals surface area contributed by atoms with Crippen molar-refractivity contribution in [2.75, 3.05) is 0 Å². The monoisotopic (exact) mass is 324 g/mol. The third kappa shape index (κ3) is 2.56. The molecule has 0 N–H and O–H groups in total. The van der Waals surface area contributed by atoms with Crippen LogP contribution in [0.1, 0.15) is 20.8 Å². The molecule has 0 fully saturated rings. The van der Waals surface area contributed by atoms with Crippen molar-refractivity contribution in [3.05, 3.63) is 30.3 Å². The summed E-state index contributed by atoms with van der Waals surface area (Å²) in [6.45, 7) is 6.79. The van der Waals surface area contributed by atoms with Gasteiger partial charge in [-0.1, -0.05) is 0 Å². The molecule has 1 rings (SSSR count). The van der Waals surface area contributed by atoms with Gasteiger partial charge in [0.2, 0.25) is 0 Å². The van der Waals surface area contributed by atoms with Crippen LogP contribution in [0.2, 0.25) is 0 Å². The van der Waals surface area contributed by atoms with Gasteiger partial charge in [0.05, 0.1) is 0 Å². The van der Waals surface area contributed by atoms with Crippen LogP contribution in [0.25, 0.3) is 0 Å². The minimum atomic E-state index is -1.29. The first-order valence-corrected chi connectivity index (χ1v) is 10.2. The van der Waals surface area contributed by atoms with E-state index in [2.05, 4.69) is 81.7 Å². The molecule has 1 aromatic rings. The second-order valence-electron chi connectivity index (χ2n) is 4.04. The molecule has 0 saturated carbocycles. The Balaban J connectivity index is 3.17. The first kappa shape index (κ1) is 11.7. The summed E-state index contributed by atoms with van der Waals surface area (Å²) in [6.07, 6.45) is 0. The predicted octanol–water partition coefficient (Wildman–Crippen LogP) is 3.52. The van der Waals surface area contributed by atoms with Crippen LogP contribution in [0.5, 0.6) is 0 Å². The van der Waals surface area contributed by atoms with Crippen molar-refractivity contribution in [2.24, 2.45) is 0 Å². The Hall–Kier alpha value is 0.649. The van der Waals surface area contributed by atoms with Gasteiger partial charge in [-0.25, -0.2) is 0 Å². The Labute approximate surface area is 96.1 Å². The summed E-state index contributed by atoms with van der Waals surface area (Å²) in [6, 6.07) is 10.6. The summed E-state index contributed by atoms with van der Waals surface area (Å²) in [7, 11) is 0. The standard InChI is InChI=1S/C10H14BrPSe/c1-10(2,3)12(11,13)9-7-5-4-6-8-9/h4-8H,1-3H3. The molecule has 0 aromatic heterocycles. The van der Waals surface area contributed by atoms with E-state index in [0.717, 1.165) is 0 Å². The molecule has 1 aromatic carbocycles. The topological polar surface area (TPSA) is 0 Å². The maximum absolute atomic E-state index is 3.87. The average Bonchev–Trinajstić information content (AvgIpc) is 2.04. The predicted molar refractivity (Wildman–Crippen MR) is 67.4 cm³/mol. The van der Waals surface area contributed by atoms with Crippen molar-refractivity contribution in [2.45, 2.75) is 25.9 Å². The Bertz CT molecular complexity index is 327. The fourth-order valence-electron chi connectivity index (χ4n) is 1.01. The molecule has 72 valence electrons. The van der Waals surface area contributed by atoms with Crippen molar-refractivity contribution in [1.82, 2.24) is 0 Å². The van der Waals surface area contributed by atoms with Crippen LogP contribution in [0.3, 0.4) is 0 Å². The van der Waals surface area contributed by atoms with Crippen LogP contribution in [-0.2, 0) is 0 Å². The molecular formula is C10H14BrPSe. The molecule has 0 bridgehead atoms. The van der Waals surface area contributed by atoms with Crippen molar-refractivity contribution < 1.29 is 0 Å². The summed E-state index contributed by atoms with van der Waals surface area (Å²) in [5.74, 6) is 0. The molecule has 1 atom stereocenters. The summed E-state index contributed by atoms with van der Waals surface area (Å²) < 4.78 is -1.29. The number of benzene rings is 1. The van der Waals surface area contributed by atoms with Crippen LogP contribution in [0.15, 0.2) is 30.3 Å². The molecule has 13 heavy (non-hydrogen) atoms. The summed E-state index contributed by atoms with van der Waals surface area (Å²) in [5.41, 5.74) is 0. The fourth-order valence-corrected chi connectivity index (χ4v) is 3.81. The average molecular weight is 324 g/mol. The van der Waals surface area contributed by atoms with Gasteiger partial charge in [-0.15, -0.1) is 0 Å². The Morgan fingerprint density at radius 3 is 2.00 bits per heavy atom. The minimum absolute atomic E-state index is 0.272. The normalized spacial score (nSPS) is 16.6. The zero-order chi connectivity index (χ0) is 10.1. The van der Waals surface area contributed by atoms with E-state index < -0.39 is 4.21 Å². The van der Waals surface area contributed by atoms with Gasteiger partial charge in [0, 0.05) is 0 Å². The van der Waals surface area contributed by atoms with E-state index in [1.807, 2.05) is 0 Å². The van der Waals surface area contributed by atoms with Crippen LogP contribution < -0.4 is 5.30 Å². The molecule has 0 spiro atoms. The van der Waals surface area contributed by atoms with Crippen LogP contribution in [0.4, 0.5) is 0 Å². The van der Waals surface area contributed by atoms with E-state index >= 15 is 0 Å². The van der Waals surface area contributed by atoms with Crippen molar-refractivity contribution >= 4 is 40.1 Å². The van der Waals surface area contributed by atoms with Gasteiger partial charge >= 0.3 is 96.4 Å². The first-order chi connectivity index (χ1) is 5.86. The molecule has 0 radical (unpaired) electrons. The van der Waals surface area contributed by atoms with E-state index in [-0.39, 0.29) is 5.16 Å². The third-order valence-corrected chi connectivity index (χ3v) is 13.8. The summed E-state index contributed by atoms with van der Waals surface area (Å²) in [4.78, 5) is 0. The van der Waals surface area contributed by atoms with Gasteiger partial charge in [0.15, 0.2) is 0 Å². The summed E-state index contributed by atoms with van der Waals surface area (Å²) in [5, 5.41) is 1.66. The maximum atomic E-state index is 3.87. The van der Waals surface area contributed by atoms with Crippen molar-refractivity contribution in [3.8, 4) is 0 Å². The van der Waals surface area contributed by atoms with Gasteiger partial charge in [-0.3, -0.25) is 0 Å². The van der Waals surface area contributed by atoms with Crippen LogP contribution in [-0.4, -0.2) is 20.3 Å². The second-order valence-corrected chi connectivity index (χ2v) is 16.8. The SMILES string of the molecule is CC(C)(C)P(=[Se])(Br)c1ccccc1. The Morgan fingerprint density at radius 1 is 1.15 bits per heavy atom.